The van der Waals surface area contributed by atoms with E-state index in [9.17, 15) is 4.39 Å². The van der Waals surface area contributed by atoms with Crippen molar-refractivity contribution in [3.8, 4) is 11.6 Å². The highest BCUT2D eigenvalue weighted by Gasteiger charge is 2.12. The fraction of sp³-hybridized carbons (Fsp3) is 0.0769. The number of benzene rings is 1. The lowest BCUT2D eigenvalue weighted by atomic mass is 10.1. The van der Waals surface area contributed by atoms with Crippen molar-refractivity contribution >= 4 is 28.8 Å². The molecular formula is C13H10ClFN2OS. The van der Waals surface area contributed by atoms with E-state index in [-0.39, 0.29) is 21.6 Å². The van der Waals surface area contributed by atoms with Crippen LogP contribution in [0.15, 0.2) is 30.5 Å². The molecule has 0 aliphatic carbocycles. The summed E-state index contributed by atoms with van der Waals surface area (Å²) in [6.07, 6.45) is 1.57. The number of thiocarbonyl (C=S) groups is 1. The van der Waals surface area contributed by atoms with Crippen molar-refractivity contribution in [1.82, 2.24) is 4.98 Å². The molecule has 0 radical (unpaired) electrons. The Balaban J connectivity index is 2.40. The van der Waals surface area contributed by atoms with E-state index in [1.165, 1.54) is 12.1 Å². The summed E-state index contributed by atoms with van der Waals surface area (Å²) in [6, 6.07) is 5.89. The Morgan fingerprint density at radius 3 is 2.79 bits per heavy atom. The van der Waals surface area contributed by atoms with Gasteiger partial charge in [0.1, 0.15) is 16.6 Å². The van der Waals surface area contributed by atoms with Gasteiger partial charge in [0.05, 0.1) is 10.6 Å². The van der Waals surface area contributed by atoms with Gasteiger partial charge in [-0.05, 0) is 30.7 Å². The minimum Gasteiger partial charge on any atom is -0.438 e. The lowest BCUT2D eigenvalue weighted by Crippen LogP contribution is -2.13. The van der Waals surface area contributed by atoms with Gasteiger partial charge in [-0.2, -0.15) is 0 Å². The molecule has 0 atom stereocenters. The molecule has 2 rings (SSSR count). The Kier molecular flexibility index (Phi) is 3.97. The van der Waals surface area contributed by atoms with Gasteiger partial charge in [0.2, 0.25) is 5.88 Å². The Morgan fingerprint density at radius 1 is 1.42 bits per heavy atom. The van der Waals surface area contributed by atoms with E-state index < -0.39 is 5.82 Å². The van der Waals surface area contributed by atoms with E-state index >= 15 is 0 Å². The molecule has 0 amide bonds. The van der Waals surface area contributed by atoms with Crippen molar-refractivity contribution in [2.45, 2.75) is 6.92 Å². The molecule has 1 aromatic carbocycles. The first-order chi connectivity index (χ1) is 8.99. The van der Waals surface area contributed by atoms with E-state index in [2.05, 4.69) is 4.98 Å². The summed E-state index contributed by atoms with van der Waals surface area (Å²) in [5.74, 6) is -0.0459. The lowest BCUT2D eigenvalue weighted by molar-refractivity contribution is 0.457. The summed E-state index contributed by atoms with van der Waals surface area (Å²) in [5, 5.41) is 0.0270. The van der Waals surface area contributed by atoms with Gasteiger partial charge in [0.25, 0.3) is 0 Å². The molecule has 19 heavy (non-hydrogen) atoms. The van der Waals surface area contributed by atoms with Crippen molar-refractivity contribution in [1.29, 1.82) is 0 Å². The number of rotatable bonds is 3. The molecule has 0 spiro atoms. The quantitative estimate of drug-likeness (QED) is 0.879. The van der Waals surface area contributed by atoms with Crippen LogP contribution in [0.25, 0.3) is 0 Å². The molecule has 6 heteroatoms. The molecule has 0 bridgehead atoms. The van der Waals surface area contributed by atoms with Gasteiger partial charge < -0.3 is 10.5 Å². The summed E-state index contributed by atoms with van der Waals surface area (Å²) in [7, 11) is 0. The zero-order valence-corrected chi connectivity index (χ0v) is 11.6. The van der Waals surface area contributed by atoms with Gasteiger partial charge in [-0.25, -0.2) is 9.37 Å². The Labute approximate surface area is 120 Å². The molecule has 0 unspecified atom stereocenters. The molecule has 3 nitrogen and oxygen atoms in total. The SMILES string of the molecule is Cc1ccnc(Oc2ccc(Cl)c(F)c2)c1C(N)=S. The Hall–Kier alpha value is -1.72. The summed E-state index contributed by atoms with van der Waals surface area (Å²) in [6.45, 7) is 1.84. The normalized spacial score (nSPS) is 10.3. The zero-order chi connectivity index (χ0) is 14.0. The number of pyridine rings is 1. The van der Waals surface area contributed by atoms with Crippen LogP contribution in [0.4, 0.5) is 4.39 Å². The van der Waals surface area contributed by atoms with Crippen LogP contribution >= 0.6 is 23.8 Å². The second-order valence-electron chi connectivity index (χ2n) is 3.85. The minimum absolute atomic E-state index is 0.0270. The van der Waals surface area contributed by atoms with Crippen LogP contribution in [-0.2, 0) is 0 Å². The maximum atomic E-state index is 13.3. The number of aromatic nitrogens is 1. The van der Waals surface area contributed by atoms with Crippen LogP contribution in [0.2, 0.25) is 5.02 Å². The second kappa shape index (κ2) is 5.50. The van der Waals surface area contributed by atoms with Crippen LogP contribution in [0.1, 0.15) is 11.1 Å². The monoisotopic (exact) mass is 296 g/mol. The van der Waals surface area contributed by atoms with Gasteiger partial charge in [0.15, 0.2) is 0 Å². The molecule has 98 valence electrons. The lowest BCUT2D eigenvalue weighted by Gasteiger charge is -2.11. The van der Waals surface area contributed by atoms with Crippen molar-refractivity contribution in [3.63, 3.8) is 0 Å². The topological polar surface area (TPSA) is 48.1 Å². The van der Waals surface area contributed by atoms with Crippen molar-refractivity contribution in [2.24, 2.45) is 5.73 Å². The third-order valence-electron chi connectivity index (χ3n) is 2.48. The van der Waals surface area contributed by atoms with Gasteiger partial charge in [-0.15, -0.1) is 0 Å². The molecule has 0 saturated heterocycles. The molecule has 2 aromatic rings. The molecule has 0 aliphatic heterocycles. The smallest absolute Gasteiger partial charge is 0.229 e. The first-order valence-electron chi connectivity index (χ1n) is 5.37. The van der Waals surface area contributed by atoms with Crippen molar-refractivity contribution in [3.05, 3.63) is 52.4 Å². The summed E-state index contributed by atoms with van der Waals surface area (Å²) in [5.41, 5.74) is 7.01. The largest absolute Gasteiger partial charge is 0.438 e. The number of hydrogen-bond acceptors (Lipinski definition) is 3. The van der Waals surface area contributed by atoms with E-state index in [1.807, 2.05) is 6.92 Å². The fourth-order valence-electron chi connectivity index (χ4n) is 1.56. The molecule has 2 N–H and O–H groups in total. The number of nitrogens with two attached hydrogens (primary N) is 1. The predicted octanol–water partition coefficient (Wildman–Crippen LogP) is 3.61. The number of nitrogens with zero attached hydrogens (tertiary/aromatic N) is 1. The maximum Gasteiger partial charge on any atom is 0.229 e. The number of hydrogen-bond donors (Lipinski definition) is 1. The van der Waals surface area contributed by atoms with Crippen LogP contribution < -0.4 is 10.5 Å². The van der Waals surface area contributed by atoms with Crippen molar-refractivity contribution < 1.29 is 9.13 Å². The van der Waals surface area contributed by atoms with Crippen LogP contribution in [-0.4, -0.2) is 9.97 Å². The highest BCUT2D eigenvalue weighted by atomic mass is 35.5. The van der Waals surface area contributed by atoms with Crippen LogP contribution in [0, 0.1) is 12.7 Å². The highest BCUT2D eigenvalue weighted by Crippen LogP contribution is 2.27. The average Bonchev–Trinajstić information content (AvgIpc) is 2.33. The zero-order valence-electron chi connectivity index (χ0n) is 9.98. The van der Waals surface area contributed by atoms with Crippen LogP contribution in [0.5, 0.6) is 11.6 Å². The van der Waals surface area contributed by atoms with E-state index in [1.54, 1.807) is 18.3 Å². The molecule has 0 aliphatic rings. The Morgan fingerprint density at radius 2 is 2.16 bits per heavy atom. The highest BCUT2D eigenvalue weighted by molar-refractivity contribution is 7.80. The summed E-state index contributed by atoms with van der Waals surface area (Å²) >= 11 is 10.6. The second-order valence-corrected chi connectivity index (χ2v) is 4.70. The number of halogens is 2. The average molecular weight is 297 g/mol. The molecule has 0 fully saturated rings. The van der Waals surface area contributed by atoms with E-state index in [4.69, 9.17) is 34.3 Å². The Bertz CT molecular complexity index is 649. The number of ether oxygens (including phenoxy) is 1. The van der Waals surface area contributed by atoms with Gasteiger partial charge in [0, 0.05) is 12.3 Å². The summed E-state index contributed by atoms with van der Waals surface area (Å²) < 4.78 is 18.8. The summed E-state index contributed by atoms with van der Waals surface area (Å²) in [4.78, 5) is 4.24. The molecular weight excluding hydrogens is 287 g/mol. The van der Waals surface area contributed by atoms with Gasteiger partial charge >= 0.3 is 0 Å². The number of aryl methyl sites for hydroxylation is 1. The molecule has 1 heterocycles. The molecule has 0 saturated carbocycles. The molecule has 1 aromatic heterocycles. The van der Waals surface area contributed by atoms with E-state index in [0.29, 0.717) is 5.56 Å². The maximum absolute atomic E-state index is 13.3. The van der Waals surface area contributed by atoms with E-state index in [0.717, 1.165) is 5.56 Å². The predicted molar refractivity (Wildman–Crippen MR) is 76.3 cm³/mol. The van der Waals surface area contributed by atoms with Gasteiger partial charge in [-0.1, -0.05) is 23.8 Å². The third-order valence-corrected chi connectivity index (χ3v) is 2.99. The minimum atomic E-state index is -0.566. The van der Waals surface area contributed by atoms with Gasteiger partial charge in [-0.3, -0.25) is 0 Å². The first kappa shape index (κ1) is 13.7. The van der Waals surface area contributed by atoms with Crippen LogP contribution in [0.3, 0.4) is 0 Å². The third kappa shape index (κ3) is 3.00. The fourth-order valence-corrected chi connectivity index (χ4v) is 1.93. The standard InChI is InChI=1S/C13H10ClFN2OS/c1-7-4-5-17-13(11(7)12(16)19)18-8-2-3-9(14)10(15)6-8/h2-6H,1H3,(H2,16,19). The van der Waals surface area contributed by atoms with Crippen molar-refractivity contribution in [2.75, 3.05) is 0 Å². The first-order valence-corrected chi connectivity index (χ1v) is 6.16.